The van der Waals surface area contributed by atoms with Crippen LogP contribution in [0.5, 0.6) is 0 Å². The molecule has 3 amide bonds. The van der Waals surface area contributed by atoms with Gasteiger partial charge in [0.1, 0.15) is 0 Å². The van der Waals surface area contributed by atoms with Crippen molar-refractivity contribution < 1.29 is 22.8 Å². The lowest BCUT2D eigenvalue weighted by Gasteiger charge is -2.36. The van der Waals surface area contributed by atoms with E-state index in [9.17, 15) is 22.8 Å². The number of benzene rings is 3. The van der Waals surface area contributed by atoms with Crippen molar-refractivity contribution in [2.75, 3.05) is 32.4 Å². The van der Waals surface area contributed by atoms with Crippen molar-refractivity contribution in [1.82, 2.24) is 20.3 Å². The van der Waals surface area contributed by atoms with E-state index in [-0.39, 0.29) is 23.4 Å². The van der Waals surface area contributed by atoms with Gasteiger partial charge in [0.05, 0.1) is 6.26 Å². The molecule has 0 aliphatic carbocycles. The molecule has 0 saturated carbocycles. The van der Waals surface area contributed by atoms with Gasteiger partial charge < -0.3 is 15.5 Å². The lowest BCUT2D eigenvalue weighted by Crippen LogP contribution is -2.54. The van der Waals surface area contributed by atoms with E-state index < -0.39 is 15.9 Å². The monoisotopic (exact) mass is 604 g/mol. The maximum atomic E-state index is 13.5. The summed E-state index contributed by atoms with van der Waals surface area (Å²) in [5.74, 6) is -0.590. The highest BCUT2D eigenvalue weighted by Gasteiger charge is 2.26. The van der Waals surface area contributed by atoms with Crippen molar-refractivity contribution in [2.24, 2.45) is 0 Å². The highest BCUT2D eigenvalue weighted by atomic mass is 32.2. The first-order valence-electron chi connectivity index (χ1n) is 14.6. The molecule has 3 aromatic rings. The van der Waals surface area contributed by atoms with E-state index >= 15 is 0 Å². The van der Waals surface area contributed by atoms with Crippen LogP contribution in [0.3, 0.4) is 0 Å². The lowest BCUT2D eigenvalue weighted by molar-refractivity contribution is -0.134. The third-order valence-corrected chi connectivity index (χ3v) is 8.19. The minimum Gasteiger partial charge on any atom is -0.356 e. The zero-order valence-electron chi connectivity index (χ0n) is 24.8. The summed E-state index contributed by atoms with van der Waals surface area (Å²) in [4.78, 5) is 38.9. The van der Waals surface area contributed by atoms with E-state index in [1.807, 2.05) is 33.9 Å². The molecule has 0 radical (unpaired) electrons. The van der Waals surface area contributed by atoms with E-state index in [1.165, 1.54) is 23.6 Å². The second kappa shape index (κ2) is 14.9. The summed E-state index contributed by atoms with van der Waals surface area (Å²) < 4.78 is 24.7. The molecule has 4 rings (SSSR count). The lowest BCUT2D eigenvalue weighted by atomic mass is 9.93. The number of carbonyl (C=O) groups excluding carboxylic acids is 3. The molecule has 1 unspecified atom stereocenters. The van der Waals surface area contributed by atoms with Gasteiger partial charge in [0.2, 0.25) is 21.8 Å². The molecular weight excluding hydrogens is 564 g/mol. The number of hydrogen-bond donors (Lipinski definition) is 3. The SMILES string of the molecule is CC(=O)NCCc1ccccc1Cc1ccccc1CCC(=O)N1CCNCC1Cc1ccc(C(=O)NS(C)(=O)=O)cc1. The Bertz CT molecular complexity index is 1540. The molecule has 0 bridgehead atoms. The molecule has 0 spiro atoms. The largest absolute Gasteiger partial charge is 0.356 e. The predicted octanol–water partition coefficient (Wildman–Crippen LogP) is 2.62. The quantitative estimate of drug-likeness (QED) is 0.292. The fraction of sp³-hybridized carbons (Fsp3) is 0.364. The first-order valence-corrected chi connectivity index (χ1v) is 16.5. The number of hydrogen-bond acceptors (Lipinski definition) is 6. The van der Waals surface area contributed by atoms with Gasteiger partial charge in [0, 0.05) is 51.1 Å². The fourth-order valence-electron chi connectivity index (χ4n) is 5.47. The molecule has 3 aromatic carbocycles. The Morgan fingerprint density at radius 3 is 2.09 bits per heavy atom. The molecule has 1 atom stereocenters. The Morgan fingerprint density at radius 1 is 0.884 bits per heavy atom. The van der Waals surface area contributed by atoms with Crippen LogP contribution in [-0.4, -0.2) is 69.5 Å². The minimum atomic E-state index is -3.64. The van der Waals surface area contributed by atoms with Gasteiger partial charge in [0.25, 0.3) is 5.91 Å². The van der Waals surface area contributed by atoms with Gasteiger partial charge in [-0.1, -0.05) is 60.7 Å². The molecule has 43 heavy (non-hydrogen) atoms. The number of carbonyl (C=O) groups is 3. The van der Waals surface area contributed by atoms with Gasteiger partial charge in [-0.3, -0.25) is 14.4 Å². The topological polar surface area (TPSA) is 125 Å². The molecule has 1 heterocycles. The van der Waals surface area contributed by atoms with Crippen LogP contribution in [0.1, 0.15) is 51.5 Å². The number of amides is 3. The first kappa shape index (κ1) is 31.9. The van der Waals surface area contributed by atoms with Crippen molar-refractivity contribution in [2.45, 2.75) is 45.1 Å². The summed E-state index contributed by atoms with van der Waals surface area (Å²) in [5, 5.41) is 6.26. The van der Waals surface area contributed by atoms with Crippen LogP contribution in [0.2, 0.25) is 0 Å². The zero-order chi connectivity index (χ0) is 30.8. The summed E-state index contributed by atoms with van der Waals surface area (Å²) >= 11 is 0. The van der Waals surface area contributed by atoms with Crippen molar-refractivity contribution in [3.8, 4) is 0 Å². The van der Waals surface area contributed by atoms with Gasteiger partial charge in [-0.15, -0.1) is 0 Å². The number of sulfonamides is 1. The average Bonchev–Trinajstić information content (AvgIpc) is 2.97. The van der Waals surface area contributed by atoms with Gasteiger partial charge in [-0.25, -0.2) is 13.1 Å². The van der Waals surface area contributed by atoms with Crippen LogP contribution in [-0.2, 0) is 45.3 Å². The van der Waals surface area contributed by atoms with Gasteiger partial charge in [-0.2, -0.15) is 0 Å². The molecule has 0 aromatic heterocycles. The zero-order valence-corrected chi connectivity index (χ0v) is 25.6. The second-order valence-electron chi connectivity index (χ2n) is 11.0. The van der Waals surface area contributed by atoms with Crippen molar-refractivity contribution >= 4 is 27.7 Å². The number of rotatable bonds is 12. The Kier molecular flexibility index (Phi) is 11.1. The van der Waals surface area contributed by atoms with Crippen molar-refractivity contribution in [3.05, 3.63) is 106 Å². The van der Waals surface area contributed by atoms with E-state index in [0.717, 1.165) is 36.8 Å². The van der Waals surface area contributed by atoms with Gasteiger partial charge in [-0.05, 0) is 65.6 Å². The predicted molar refractivity (Wildman–Crippen MR) is 167 cm³/mol. The molecular formula is C33H40N4O5S. The number of nitrogens with zero attached hydrogens (tertiary/aromatic N) is 1. The highest BCUT2D eigenvalue weighted by Crippen LogP contribution is 2.21. The van der Waals surface area contributed by atoms with E-state index in [1.54, 1.807) is 24.3 Å². The Morgan fingerprint density at radius 2 is 1.49 bits per heavy atom. The van der Waals surface area contributed by atoms with Crippen LogP contribution in [0.15, 0.2) is 72.8 Å². The number of aryl methyl sites for hydroxylation is 1. The van der Waals surface area contributed by atoms with E-state index in [4.69, 9.17) is 0 Å². The minimum absolute atomic E-state index is 0.0253. The normalized spacial score (nSPS) is 15.1. The summed E-state index contributed by atoms with van der Waals surface area (Å²) in [7, 11) is -3.64. The third kappa shape index (κ3) is 9.76. The molecule has 1 fully saturated rings. The Balaban J connectivity index is 1.38. The summed E-state index contributed by atoms with van der Waals surface area (Å²) in [6, 6.07) is 23.3. The van der Waals surface area contributed by atoms with Crippen LogP contribution in [0.4, 0.5) is 0 Å². The standard InChI is InChI=1S/C33H40N4O5S/c1-24(38)35-18-17-27-8-4-6-10-30(27)22-29-9-5-3-7-26(29)15-16-32(39)37-20-19-34-23-31(37)21-25-11-13-28(14-12-25)33(40)36-43(2,41)42/h3-14,31,34H,15-23H2,1-2H3,(H,35,38)(H,36,40). The summed E-state index contributed by atoms with van der Waals surface area (Å²) in [6.07, 6.45) is 4.13. The van der Waals surface area contributed by atoms with Crippen LogP contribution in [0.25, 0.3) is 0 Å². The van der Waals surface area contributed by atoms with Gasteiger partial charge in [0.15, 0.2) is 0 Å². The third-order valence-electron chi connectivity index (χ3n) is 7.63. The Hall–Kier alpha value is -4.02. The molecule has 1 aliphatic heterocycles. The number of piperazine rings is 1. The van der Waals surface area contributed by atoms with Crippen LogP contribution >= 0.6 is 0 Å². The summed E-state index contributed by atoms with van der Waals surface area (Å²) in [6.45, 7) is 4.15. The summed E-state index contributed by atoms with van der Waals surface area (Å²) in [5.41, 5.74) is 5.99. The smallest absolute Gasteiger partial charge is 0.264 e. The average molecular weight is 605 g/mol. The number of nitrogens with one attached hydrogen (secondary N) is 3. The Labute approximate surface area is 254 Å². The second-order valence-corrected chi connectivity index (χ2v) is 12.7. The van der Waals surface area contributed by atoms with E-state index in [0.29, 0.717) is 38.9 Å². The molecule has 3 N–H and O–H groups in total. The van der Waals surface area contributed by atoms with E-state index in [2.05, 4.69) is 34.9 Å². The highest BCUT2D eigenvalue weighted by molar-refractivity contribution is 7.89. The van der Waals surface area contributed by atoms with Crippen molar-refractivity contribution in [3.63, 3.8) is 0 Å². The molecule has 1 aliphatic rings. The molecule has 228 valence electrons. The fourth-order valence-corrected chi connectivity index (χ4v) is 5.93. The maximum Gasteiger partial charge on any atom is 0.264 e. The van der Waals surface area contributed by atoms with Crippen molar-refractivity contribution in [1.29, 1.82) is 0 Å². The van der Waals surface area contributed by atoms with Crippen LogP contribution in [0, 0.1) is 0 Å². The molecule has 1 saturated heterocycles. The first-order chi connectivity index (χ1) is 20.6. The molecule has 10 heteroatoms. The van der Waals surface area contributed by atoms with Gasteiger partial charge >= 0.3 is 0 Å². The maximum absolute atomic E-state index is 13.5. The van der Waals surface area contributed by atoms with Crippen LogP contribution < -0.4 is 15.4 Å². The molecule has 9 nitrogen and oxygen atoms in total.